The first-order valence-corrected chi connectivity index (χ1v) is 11.1. The van der Waals surface area contributed by atoms with Gasteiger partial charge in [-0.25, -0.2) is 13.5 Å². The maximum absolute atomic E-state index is 5.32. The van der Waals surface area contributed by atoms with Crippen LogP contribution >= 0.6 is 13.6 Å². The molecule has 0 bridgehead atoms. The van der Waals surface area contributed by atoms with Crippen LogP contribution in [-0.2, 0) is 27.7 Å². The summed E-state index contributed by atoms with van der Waals surface area (Å²) in [6.07, 6.45) is 0. The standard InChI is InChI=1S/C11H13O.BrH.Zn/c1-10(2)8-12-9-11-6-4-3-5-7-11;;/h3-7H,1-2,8-9H2;1H;/q-1;;+2/p-1. The van der Waals surface area contributed by atoms with Crippen LogP contribution in [0.15, 0.2) is 42.5 Å². The molecular weight excluding hydrogens is 293 g/mol. The Kier molecular flexibility index (Phi) is 9.38. The molecule has 72 valence electrons. The summed E-state index contributed by atoms with van der Waals surface area (Å²) in [5.41, 5.74) is 1.99. The van der Waals surface area contributed by atoms with Crippen molar-refractivity contribution in [1.29, 1.82) is 0 Å². The molecule has 0 unspecified atom stereocenters. The Morgan fingerprint density at radius 3 is 2.43 bits per heavy atom. The Morgan fingerprint density at radius 1 is 1.36 bits per heavy atom. The summed E-state index contributed by atoms with van der Waals surface area (Å²) in [6.45, 7) is 8.47. The van der Waals surface area contributed by atoms with Crippen molar-refractivity contribution in [2.24, 2.45) is 0 Å². The monoisotopic (exact) mass is 304 g/mol. The molecule has 0 aliphatic heterocycles. The van der Waals surface area contributed by atoms with Gasteiger partial charge in [0, 0.05) is 6.61 Å². The van der Waals surface area contributed by atoms with E-state index < -0.39 is 0 Å². The molecular formula is C11H13BrOZn. The van der Waals surface area contributed by atoms with Crippen molar-refractivity contribution < 1.29 is 21.1 Å². The Bertz CT molecular complexity index is 249. The SMILES string of the molecule is C=C([CH2-])COCc1ccccc1.[Zn+][Br]. The molecule has 0 aliphatic carbocycles. The van der Waals surface area contributed by atoms with Crippen LogP contribution in [0.3, 0.4) is 0 Å². The molecule has 14 heavy (non-hydrogen) atoms. The van der Waals surface area contributed by atoms with Gasteiger partial charge in [-0.05, 0) is 5.56 Å². The van der Waals surface area contributed by atoms with E-state index in [1.54, 1.807) is 0 Å². The normalized spacial score (nSPS) is 8.79. The fourth-order valence-electron chi connectivity index (χ4n) is 0.887. The van der Waals surface area contributed by atoms with Crippen molar-refractivity contribution in [3.63, 3.8) is 0 Å². The van der Waals surface area contributed by atoms with Gasteiger partial charge >= 0.3 is 30.0 Å². The zero-order valence-electron chi connectivity index (χ0n) is 8.21. The number of halogens is 1. The summed E-state index contributed by atoms with van der Waals surface area (Å²) >= 11 is 4.25. The molecule has 1 aromatic carbocycles. The summed E-state index contributed by atoms with van der Waals surface area (Å²) in [5.74, 6) is 0. The van der Waals surface area contributed by atoms with Crippen molar-refractivity contribution in [3.8, 4) is 0 Å². The first kappa shape index (κ1) is 13.9. The minimum absolute atomic E-state index is 0.537. The molecule has 0 heterocycles. The van der Waals surface area contributed by atoms with Gasteiger partial charge in [0.1, 0.15) is 0 Å². The van der Waals surface area contributed by atoms with E-state index >= 15 is 0 Å². The van der Waals surface area contributed by atoms with E-state index in [-0.39, 0.29) is 0 Å². The third kappa shape index (κ3) is 7.31. The molecule has 0 atom stereocenters. The van der Waals surface area contributed by atoms with E-state index in [1.807, 2.05) is 30.3 Å². The second-order valence-electron chi connectivity index (χ2n) is 2.73. The molecule has 0 radical (unpaired) electrons. The predicted molar refractivity (Wildman–Crippen MR) is 59.5 cm³/mol. The molecule has 0 spiro atoms. The fraction of sp³-hybridized carbons (Fsp3) is 0.182. The van der Waals surface area contributed by atoms with E-state index in [4.69, 9.17) is 4.74 Å². The zero-order valence-corrected chi connectivity index (χ0v) is 12.8. The summed E-state index contributed by atoms with van der Waals surface area (Å²) < 4.78 is 5.32. The van der Waals surface area contributed by atoms with Crippen LogP contribution in [0.2, 0.25) is 0 Å². The molecule has 0 saturated carbocycles. The molecule has 0 aliphatic rings. The second-order valence-corrected chi connectivity index (χ2v) is 2.73. The van der Waals surface area contributed by atoms with E-state index in [9.17, 15) is 0 Å². The van der Waals surface area contributed by atoms with Crippen LogP contribution in [0.5, 0.6) is 0 Å². The molecule has 1 aromatic rings. The average molecular weight is 307 g/mol. The summed E-state index contributed by atoms with van der Waals surface area (Å²) in [7, 11) is 0. The minimum atomic E-state index is 0.537. The average Bonchev–Trinajstić information content (AvgIpc) is 2.22. The van der Waals surface area contributed by atoms with Crippen molar-refractivity contribution in [3.05, 3.63) is 55.0 Å². The summed E-state index contributed by atoms with van der Waals surface area (Å²) in [6, 6.07) is 10.1. The van der Waals surface area contributed by atoms with Gasteiger partial charge in [0.2, 0.25) is 0 Å². The van der Waals surface area contributed by atoms with Gasteiger partial charge in [-0.1, -0.05) is 30.3 Å². The van der Waals surface area contributed by atoms with E-state index in [0.717, 1.165) is 5.57 Å². The van der Waals surface area contributed by atoms with Crippen molar-refractivity contribution in [2.75, 3.05) is 6.61 Å². The van der Waals surface area contributed by atoms with Crippen LogP contribution < -0.4 is 0 Å². The van der Waals surface area contributed by atoms with Crippen molar-refractivity contribution in [2.45, 2.75) is 6.61 Å². The van der Waals surface area contributed by atoms with E-state index in [1.165, 1.54) is 21.9 Å². The second kappa shape index (κ2) is 9.45. The Balaban J connectivity index is 0.000000791. The Morgan fingerprint density at radius 2 is 1.93 bits per heavy atom. The van der Waals surface area contributed by atoms with Gasteiger partial charge in [-0.15, -0.1) is 0 Å². The third-order valence-electron chi connectivity index (χ3n) is 1.42. The molecule has 3 heteroatoms. The van der Waals surface area contributed by atoms with Crippen LogP contribution in [-0.4, -0.2) is 6.61 Å². The van der Waals surface area contributed by atoms with Gasteiger partial charge in [0.25, 0.3) is 0 Å². The predicted octanol–water partition coefficient (Wildman–Crippen LogP) is 3.44. The van der Waals surface area contributed by atoms with E-state index in [2.05, 4.69) is 27.1 Å². The fourth-order valence-corrected chi connectivity index (χ4v) is 0.887. The quantitative estimate of drug-likeness (QED) is 0.612. The zero-order chi connectivity index (χ0) is 10.8. The van der Waals surface area contributed by atoms with Gasteiger partial charge in [0.15, 0.2) is 0 Å². The van der Waals surface area contributed by atoms with Gasteiger partial charge in [-0.2, -0.15) is 5.57 Å². The Hall–Kier alpha value is -0.107. The van der Waals surface area contributed by atoms with Crippen LogP contribution in [0, 0.1) is 6.92 Å². The molecule has 0 aromatic heterocycles. The third-order valence-corrected chi connectivity index (χ3v) is 1.42. The Labute approximate surface area is 103 Å². The number of hydrogen-bond acceptors (Lipinski definition) is 1. The number of ether oxygens (including phenoxy) is 1. The van der Waals surface area contributed by atoms with Crippen LogP contribution in [0.25, 0.3) is 0 Å². The topological polar surface area (TPSA) is 9.23 Å². The molecule has 0 saturated heterocycles. The van der Waals surface area contributed by atoms with Crippen LogP contribution in [0.1, 0.15) is 5.56 Å². The van der Waals surface area contributed by atoms with Crippen LogP contribution in [0.4, 0.5) is 0 Å². The molecule has 0 N–H and O–H groups in total. The molecule has 0 amide bonds. The molecule has 1 rings (SSSR count). The maximum atomic E-state index is 5.32. The van der Waals surface area contributed by atoms with E-state index in [0.29, 0.717) is 13.2 Å². The first-order valence-electron chi connectivity index (χ1n) is 4.17. The summed E-state index contributed by atoms with van der Waals surface area (Å²) in [5, 5.41) is 0. The van der Waals surface area contributed by atoms with Crippen molar-refractivity contribution in [1.82, 2.24) is 0 Å². The summed E-state index contributed by atoms with van der Waals surface area (Å²) in [4.78, 5) is 0. The van der Waals surface area contributed by atoms with Gasteiger partial charge in [0.05, 0.1) is 6.61 Å². The first-order chi connectivity index (χ1) is 6.79. The number of hydrogen-bond donors (Lipinski definition) is 0. The number of benzene rings is 1. The van der Waals surface area contributed by atoms with Gasteiger partial charge < -0.3 is 4.74 Å². The number of rotatable bonds is 4. The molecule has 0 fully saturated rings. The molecule has 1 nitrogen and oxygen atoms in total. The van der Waals surface area contributed by atoms with Gasteiger partial charge in [-0.3, -0.25) is 0 Å². The van der Waals surface area contributed by atoms with Crippen molar-refractivity contribution >= 4 is 13.6 Å².